The molecule has 0 aromatic heterocycles. The zero-order chi connectivity index (χ0) is 9.78. The van der Waals surface area contributed by atoms with Crippen LogP contribution in [0.4, 0.5) is 0 Å². The summed E-state index contributed by atoms with van der Waals surface area (Å²) in [5.74, 6) is -0.289. The molecule has 0 saturated carbocycles. The first kappa shape index (κ1) is 11.0. The van der Waals surface area contributed by atoms with Crippen LogP contribution < -0.4 is 0 Å². The lowest BCUT2D eigenvalue weighted by molar-refractivity contribution is -0.149. The summed E-state index contributed by atoms with van der Waals surface area (Å²) in [6.07, 6.45) is 3.20. The second kappa shape index (κ2) is 4.10. The number of hydrogen-bond donors (Lipinski definition) is 0. The molecule has 0 atom stereocenters. The van der Waals surface area contributed by atoms with Crippen LogP contribution >= 0.6 is 0 Å². The van der Waals surface area contributed by atoms with Crippen LogP contribution in [0.1, 0.15) is 27.7 Å². The highest BCUT2D eigenvalue weighted by Crippen LogP contribution is 2.10. The van der Waals surface area contributed by atoms with Gasteiger partial charge in [-0.25, -0.2) is 4.79 Å². The van der Waals surface area contributed by atoms with Crippen molar-refractivity contribution in [2.45, 2.75) is 33.3 Å². The second-order valence-corrected chi connectivity index (χ2v) is 3.59. The van der Waals surface area contributed by atoms with Crippen LogP contribution in [0.3, 0.4) is 0 Å². The standard InChI is InChI=1S/C10H16O2/c1-6-7-8(2)9(11)12-10(3,4)5/h6-7H,1H2,2-5H3/b8-7+. The molecule has 0 heterocycles. The average Bonchev–Trinajstić information content (AvgIpc) is 1.84. The SMILES string of the molecule is C=C/C=C(\C)C(=O)OC(C)(C)C. The fourth-order valence-corrected chi connectivity index (χ4v) is 0.603. The zero-order valence-electron chi connectivity index (χ0n) is 8.18. The van der Waals surface area contributed by atoms with Gasteiger partial charge in [0.25, 0.3) is 0 Å². The third-order valence-corrected chi connectivity index (χ3v) is 1.09. The molecule has 0 spiro atoms. The van der Waals surface area contributed by atoms with Crippen molar-refractivity contribution < 1.29 is 9.53 Å². The van der Waals surface area contributed by atoms with E-state index in [-0.39, 0.29) is 5.97 Å². The molecule has 0 aliphatic carbocycles. The Kier molecular flexibility index (Phi) is 3.74. The lowest BCUT2D eigenvalue weighted by atomic mass is 10.2. The van der Waals surface area contributed by atoms with Gasteiger partial charge in [0.05, 0.1) is 0 Å². The number of rotatable bonds is 2. The molecule has 0 bridgehead atoms. The first-order chi connectivity index (χ1) is 5.37. The summed E-state index contributed by atoms with van der Waals surface area (Å²) >= 11 is 0. The van der Waals surface area contributed by atoms with Gasteiger partial charge in [0, 0.05) is 5.57 Å². The Labute approximate surface area is 73.9 Å². The van der Waals surface area contributed by atoms with Crippen LogP contribution in [0, 0.1) is 0 Å². The van der Waals surface area contributed by atoms with Crippen molar-refractivity contribution in [2.24, 2.45) is 0 Å². The smallest absolute Gasteiger partial charge is 0.334 e. The maximum Gasteiger partial charge on any atom is 0.334 e. The number of hydrogen-bond acceptors (Lipinski definition) is 2. The van der Waals surface area contributed by atoms with Crippen molar-refractivity contribution in [3.63, 3.8) is 0 Å². The molecule has 12 heavy (non-hydrogen) atoms. The predicted molar refractivity (Wildman–Crippen MR) is 49.8 cm³/mol. The molecular formula is C10H16O2. The molecule has 0 fully saturated rings. The molecule has 0 unspecified atom stereocenters. The summed E-state index contributed by atoms with van der Waals surface area (Å²) in [6, 6.07) is 0. The third kappa shape index (κ3) is 4.72. The molecule has 0 aliphatic heterocycles. The van der Waals surface area contributed by atoms with Crippen molar-refractivity contribution in [2.75, 3.05) is 0 Å². The number of allylic oxidation sites excluding steroid dienone is 2. The Balaban J connectivity index is 4.24. The van der Waals surface area contributed by atoms with Gasteiger partial charge in [0.15, 0.2) is 0 Å². The Morgan fingerprint density at radius 1 is 1.42 bits per heavy atom. The van der Waals surface area contributed by atoms with Gasteiger partial charge >= 0.3 is 5.97 Å². The molecule has 2 nitrogen and oxygen atoms in total. The van der Waals surface area contributed by atoms with Crippen LogP contribution in [0.15, 0.2) is 24.3 Å². The minimum absolute atomic E-state index is 0.289. The highest BCUT2D eigenvalue weighted by molar-refractivity contribution is 5.88. The summed E-state index contributed by atoms with van der Waals surface area (Å²) in [4.78, 5) is 11.2. The lowest BCUT2D eigenvalue weighted by Crippen LogP contribution is -2.24. The van der Waals surface area contributed by atoms with Gasteiger partial charge < -0.3 is 4.74 Å². The Hall–Kier alpha value is -1.05. The van der Waals surface area contributed by atoms with E-state index >= 15 is 0 Å². The van der Waals surface area contributed by atoms with Crippen molar-refractivity contribution in [1.29, 1.82) is 0 Å². The monoisotopic (exact) mass is 168 g/mol. The van der Waals surface area contributed by atoms with Gasteiger partial charge in [-0.2, -0.15) is 0 Å². The van der Waals surface area contributed by atoms with Gasteiger partial charge in [0.1, 0.15) is 5.60 Å². The van der Waals surface area contributed by atoms with Gasteiger partial charge in [-0.15, -0.1) is 0 Å². The summed E-state index contributed by atoms with van der Waals surface area (Å²) < 4.78 is 5.10. The van der Waals surface area contributed by atoms with E-state index in [1.165, 1.54) is 0 Å². The lowest BCUT2D eigenvalue weighted by Gasteiger charge is -2.19. The van der Waals surface area contributed by atoms with Crippen LogP contribution in [-0.2, 0) is 9.53 Å². The molecule has 0 radical (unpaired) electrons. The Bertz CT molecular complexity index is 206. The summed E-state index contributed by atoms with van der Waals surface area (Å²) in [5, 5.41) is 0. The average molecular weight is 168 g/mol. The number of carbonyl (C=O) groups excluding carboxylic acids is 1. The van der Waals surface area contributed by atoms with Crippen LogP contribution in [0.5, 0.6) is 0 Å². The molecule has 68 valence electrons. The van der Waals surface area contributed by atoms with Crippen LogP contribution in [0.2, 0.25) is 0 Å². The molecular weight excluding hydrogens is 152 g/mol. The van der Waals surface area contributed by atoms with E-state index in [4.69, 9.17) is 4.74 Å². The van der Waals surface area contributed by atoms with E-state index in [1.54, 1.807) is 19.1 Å². The van der Waals surface area contributed by atoms with Crippen molar-refractivity contribution in [3.8, 4) is 0 Å². The van der Waals surface area contributed by atoms with Gasteiger partial charge in [-0.3, -0.25) is 0 Å². The number of esters is 1. The highest BCUT2D eigenvalue weighted by atomic mass is 16.6. The first-order valence-corrected chi connectivity index (χ1v) is 3.89. The minimum atomic E-state index is -0.423. The van der Waals surface area contributed by atoms with E-state index in [0.717, 1.165) is 0 Å². The highest BCUT2D eigenvalue weighted by Gasteiger charge is 2.16. The normalized spacial score (nSPS) is 12.5. The fraction of sp³-hybridized carbons (Fsp3) is 0.500. The molecule has 2 heteroatoms. The molecule has 0 aromatic rings. The largest absolute Gasteiger partial charge is 0.457 e. The van der Waals surface area contributed by atoms with Gasteiger partial charge in [-0.1, -0.05) is 18.7 Å². The van der Waals surface area contributed by atoms with Crippen molar-refractivity contribution in [1.82, 2.24) is 0 Å². The summed E-state index contributed by atoms with van der Waals surface area (Å²) in [5.41, 5.74) is 0.146. The molecule has 0 amide bonds. The number of ether oxygens (including phenoxy) is 1. The molecule has 0 aliphatic rings. The Morgan fingerprint density at radius 2 is 1.92 bits per heavy atom. The fourth-order valence-electron chi connectivity index (χ4n) is 0.603. The molecule has 0 aromatic carbocycles. The van der Waals surface area contributed by atoms with E-state index in [2.05, 4.69) is 6.58 Å². The van der Waals surface area contributed by atoms with E-state index in [9.17, 15) is 4.79 Å². The van der Waals surface area contributed by atoms with Crippen LogP contribution in [-0.4, -0.2) is 11.6 Å². The molecule has 0 N–H and O–H groups in total. The van der Waals surface area contributed by atoms with E-state index < -0.39 is 5.60 Å². The van der Waals surface area contributed by atoms with Gasteiger partial charge in [-0.05, 0) is 27.7 Å². The van der Waals surface area contributed by atoms with E-state index in [0.29, 0.717) is 5.57 Å². The molecule has 0 saturated heterocycles. The van der Waals surface area contributed by atoms with Crippen LogP contribution in [0.25, 0.3) is 0 Å². The van der Waals surface area contributed by atoms with E-state index in [1.807, 2.05) is 20.8 Å². The zero-order valence-corrected chi connectivity index (χ0v) is 8.18. The molecule has 0 rings (SSSR count). The maximum absolute atomic E-state index is 11.2. The quantitative estimate of drug-likeness (QED) is 0.359. The minimum Gasteiger partial charge on any atom is -0.457 e. The first-order valence-electron chi connectivity index (χ1n) is 3.89. The summed E-state index contributed by atoms with van der Waals surface area (Å²) in [7, 11) is 0. The topological polar surface area (TPSA) is 26.3 Å². The second-order valence-electron chi connectivity index (χ2n) is 3.59. The summed E-state index contributed by atoms with van der Waals surface area (Å²) in [6.45, 7) is 10.7. The van der Waals surface area contributed by atoms with Crippen molar-refractivity contribution in [3.05, 3.63) is 24.3 Å². The Morgan fingerprint density at radius 3 is 2.25 bits per heavy atom. The third-order valence-electron chi connectivity index (χ3n) is 1.09. The predicted octanol–water partition coefficient (Wildman–Crippen LogP) is 2.46. The van der Waals surface area contributed by atoms with Gasteiger partial charge in [0.2, 0.25) is 0 Å². The number of carbonyl (C=O) groups is 1. The van der Waals surface area contributed by atoms with Crippen molar-refractivity contribution >= 4 is 5.97 Å². The maximum atomic E-state index is 11.2.